The van der Waals surface area contributed by atoms with Gasteiger partial charge in [-0.2, -0.15) is 0 Å². The first-order valence-corrected chi connectivity index (χ1v) is 13.9. The highest BCUT2D eigenvalue weighted by Gasteiger charge is 2.36. The van der Waals surface area contributed by atoms with E-state index in [9.17, 15) is 0 Å². The van der Waals surface area contributed by atoms with Gasteiger partial charge in [0.25, 0.3) is 0 Å². The summed E-state index contributed by atoms with van der Waals surface area (Å²) in [6.07, 6.45) is 9.29. The lowest BCUT2D eigenvalue weighted by atomic mass is 9.73. The quantitative estimate of drug-likeness (QED) is 0.432. The number of methoxy groups -OCH3 is 1. The van der Waals surface area contributed by atoms with E-state index in [1.54, 1.807) is 7.11 Å². The molecular weight excluding hydrogens is 458 g/mol. The summed E-state index contributed by atoms with van der Waals surface area (Å²) in [5.41, 5.74) is 4.21. The zero-order valence-electron chi connectivity index (χ0n) is 22.3. The minimum absolute atomic E-state index is 0.353. The van der Waals surface area contributed by atoms with Crippen molar-refractivity contribution in [3.63, 3.8) is 0 Å². The summed E-state index contributed by atoms with van der Waals surface area (Å²) in [5.74, 6) is 1.97. The molecule has 0 bridgehead atoms. The third-order valence-electron chi connectivity index (χ3n) is 8.19. The van der Waals surface area contributed by atoms with Crippen LogP contribution in [0.25, 0.3) is 0 Å². The Morgan fingerprint density at radius 1 is 0.838 bits per heavy atom. The van der Waals surface area contributed by atoms with Crippen LogP contribution in [0.1, 0.15) is 48.9 Å². The van der Waals surface area contributed by atoms with Crippen molar-refractivity contribution in [3.05, 3.63) is 89.7 Å². The molecule has 0 atom stereocenters. The van der Waals surface area contributed by atoms with Gasteiger partial charge in [-0.05, 0) is 92.1 Å². The van der Waals surface area contributed by atoms with Crippen LogP contribution < -0.4 is 9.47 Å². The molecule has 0 aliphatic carbocycles. The fourth-order valence-electron chi connectivity index (χ4n) is 6.02. The van der Waals surface area contributed by atoms with E-state index in [1.807, 2.05) is 12.3 Å². The number of piperidine rings is 1. The van der Waals surface area contributed by atoms with Crippen molar-refractivity contribution in [2.45, 2.75) is 51.6 Å². The topological polar surface area (TPSA) is 37.8 Å². The van der Waals surface area contributed by atoms with E-state index in [-0.39, 0.29) is 0 Å². The van der Waals surface area contributed by atoms with Crippen LogP contribution in [0.15, 0.2) is 72.9 Å². The zero-order valence-corrected chi connectivity index (χ0v) is 22.3. The van der Waals surface area contributed by atoms with Crippen LogP contribution in [-0.2, 0) is 19.5 Å². The van der Waals surface area contributed by atoms with Crippen molar-refractivity contribution in [1.82, 2.24) is 14.8 Å². The van der Waals surface area contributed by atoms with Crippen LogP contribution in [0, 0.1) is 5.41 Å². The lowest BCUT2D eigenvalue weighted by Crippen LogP contribution is -2.47. The molecule has 1 spiro atoms. The third kappa shape index (κ3) is 7.12. The van der Waals surface area contributed by atoms with Crippen molar-refractivity contribution in [3.8, 4) is 11.5 Å². The normalized spacial score (nSPS) is 19.3. The van der Waals surface area contributed by atoms with Crippen LogP contribution in [-0.4, -0.2) is 54.7 Å². The fourth-order valence-corrected chi connectivity index (χ4v) is 6.02. The predicted octanol–water partition coefficient (Wildman–Crippen LogP) is 5.98. The number of rotatable bonds is 5. The highest BCUT2D eigenvalue weighted by molar-refractivity contribution is 5.33. The van der Waals surface area contributed by atoms with Crippen molar-refractivity contribution < 1.29 is 9.47 Å². The maximum absolute atomic E-state index is 6.35. The standard InChI is InChI=1S/C32H41N3O2/c1-36-30-14-12-27(13-15-30)24-35-22-23-37-31-11-3-2-8-28(31)9-4-6-16-32(26-35)17-20-34(21-18-32)25-29-10-5-7-19-33-29/h2-3,5,7-8,10-15,19H,4,6,9,16-18,20-26H2,1H3. The molecule has 196 valence electrons. The Morgan fingerprint density at radius 3 is 2.43 bits per heavy atom. The number of likely N-dealkylation sites (tertiary alicyclic amines) is 1. The number of nitrogens with zero attached hydrogens (tertiary/aromatic N) is 3. The lowest BCUT2D eigenvalue weighted by Gasteiger charge is -2.45. The largest absolute Gasteiger partial charge is 0.497 e. The number of ether oxygens (including phenoxy) is 2. The average molecular weight is 500 g/mol. The Bertz CT molecular complexity index is 1090. The van der Waals surface area contributed by atoms with Crippen LogP contribution in [0.3, 0.4) is 0 Å². The van der Waals surface area contributed by atoms with Gasteiger partial charge >= 0.3 is 0 Å². The van der Waals surface area contributed by atoms with E-state index < -0.39 is 0 Å². The van der Waals surface area contributed by atoms with Gasteiger partial charge in [-0.25, -0.2) is 0 Å². The Hall–Kier alpha value is -2.89. The number of hydrogen-bond acceptors (Lipinski definition) is 5. The summed E-state index contributed by atoms with van der Waals surface area (Å²) in [6.45, 7) is 6.96. The molecule has 1 fully saturated rings. The molecule has 5 rings (SSSR count). The van der Waals surface area contributed by atoms with Gasteiger partial charge in [-0.1, -0.05) is 42.8 Å². The average Bonchev–Trinajstić information content (AvgIpc) is 2.93. The lowest BCUT2D eigenvalue weighted by molar-refractivity contribution is 0.0406. The van der Waals surface area contributed by atoms with E-state index in [1.165, 1.54) is 48.9 Å². The highest BCUT2D eigenvalue weighted by atomic mass is 16.5. The molecule has 0 amide bonds. The molecule has 2 aliphatic rings. The van der Waals surface area contributed by atoms with Gasteiger partial charge in [0.05, 0.1) is 12.8 Å². The van der Waals surface area contributed by atoms with Crippen LogP contribution in [0.4, 0.5) is 0 Å². The number of benzene rings is 2. The second-order valence-electron chi connectivity index (χ2n) is 10.8. The molecular formula is C32H41N3O2. The Kier molecular flexibility index (Phi) is 8.75. The minimum Gasteiger partial charge on any atom is -0.497 e. The van der Waals surface area contributed by atoms with Gasteiger partial charge in [0, 0.05) is 32.4 Å². The highest BCUT2D eigenvalue weighted by Crippen LogP contribution is 2.39. The summed E-state index contributed by atoms with van der Waals surface area (Å²) in [7, 11) is 1.73. The molecule has 0 unspecified atom stereocenters. The Labute approximate surface area is 222 Å². The molecule has 37 heavy (non-hydrogen) atoms. The summed E-state index contributed by atoms with van der Waals surface area (Å²) >= 11 is 0. The Morgan fingerprint density at radius 2 is 1.65 bits per heavy atom. The van der Waals surface area contributed by atoms with Crippen molar-refractivity contribution in [1.29, 1.82) is 0 Å². The van der Waals surface area contributed by atoms with Gasteiger partial charge in [0.15, 0.2) is 0 Å². The first-order chi connectivity index (χ1) is 18.2. The van der Waals surface area contributed by atoms with Crippen LogP contribution >= 0.6 is 0 Å². The molecule has 0 radical (unpaired) electrons. The van der Waals surface area contributed by atoms with Crippen molar-refractivity contribution in [2.75, 3.05) is 39.9 Å². The number of pyridine rings is 1. The van der Waals surface area contributed by atoms with E-state index in [0.717, 1.165) is 63.8 Å². The summed E-state index contributed by atoms with van der Waals surface area (Å²) in [4.78, 5) is 9.80. The molecule has 5 nitrogen and oxygen atoms in total. The molecule has 2 aromatic carbocycles. The van der Waals surface area contributed by atoms with E-state index in [2.05, 4.69) is 75.4 Å². The number of hydrogen-bond donors (Lipinski definition) is 0. The van der Waals surface area contributed by atoms with Gasteiger partial charge in [-0.3, -0.25) is 14.8 Å². The van der Waals surface area contributed by atoms with Gasteiger partial charge in [-0.15, -0.1) is 0 Å². The number of aromatic nitrogens is 1. The van der Waals surface area contributed by atoms with Crippen molar-refractivity contribution >= 4 is 0 Å². The predicted molar refractivity (Wildman–Crippen MR) is 149 cm³/mol. The molecule has 5 heteroatoms. The zero-order chi connectivity index (χ0) is 25.3. The van der Waals surface area contributed by atoms with Gasteiger partial charge < -0.3 is 9.47 Å². The van der Waals surface area contributed by atoms with Crippen LogP contribution in [0.5, 0.6) is 11.5 Å². The molecule has 3 aromatic rings. The SMILES string of the molecule is COc1ccc(CN2CCOc3ccccc3CCCCC3(CCN(Cc4ccccn4)CC3)C2)cc1. The molecule has 0 N–H and O–H groups in total. The summed E-state index contributed by atoms with van der Waals surface area (Å²) in [6, 6.07) is 23.4. The third-order valence-corrected chi connectivity index (χ3v) is 8.19. The first kappa shape index (κ1) is 25.7. The monoisotopic (exact) mass is 499 g/mol. The number of fused-ring (bicyclic) bond motifs is 1. The van der Waals surface area contributed by atoms with E-state index >= 15 is 0 Å². The summed E-state index contributed by atoms with van der Waals surface area (Å²) in [5, 5.41) is 0. The molecule has 0 saturated carbocycles. The second kappa shape index (κ2) is 12.6. The maximum atomic E-state index is 6.35. The number of para-hydroxylation sites is 1. The van der Waals surface area contributed by atoms with Crippen molar-refractivity contribution in [2.24, 2.45) is 5.41 Å². The number of aryl methyl sites for hydroxylation is 1. The smallest absolute Gasteiger partial charge is 0.122 e. The fraction of sp³-hybridized carbons (Fsp3) is 0.469. The minimum atomic E-state index is 0.353. The van der Waals surface area contributed by atoms with Gasteiger partial charge in [0.2, 0.25) is 0 Å². The molecule has 1 saturated heterocycles. The molecule has 2 aliphatic heterocycles. The first-order valence-electron chi connectivity index (χ1n) is 13.9. The molecule has 3 heterocycles. The van der Waals surface area contributed by atoms with Gasteiger partial charge in [0.1, 0.15) is 18.1 Å². The maximum Gasteiger partial charge on any atom is 0.122 e. The van der Waals surface area contributed by atoms with E-state index in [0.29, 0.717) is 5.41 Å². The summed E-state index contributed by atoms with van der Waals surface area (Å²) < 4.78 is 11.7. The van der Waals surface area contributed by atoms with E-state index in [4.69, 9.17) is 9.47 Å². The molecule has 1 aromatic heterocycles. The van der Waals surface area contributed by atoms with Crippen LogP contribution in [0.2, 0.25) is 0 Å². The second-order valence-corrected chi connectivity index (χ2v) is 10.8. The Balaban J connectivity index is 1.31.